The van der Waals surface area contributed by atoms with Crippen LogP contribution in [0.3, 0.4) is 0 Å². The van der Waals surface area contributed by atoms with Crippen LogP contribution < -0.4 is 0 Å². The maximum Gasteiger partial charge on any atom is 0.335 e. The highest BCUT2D eigenvalue weighted by Crippen LogP contribution is 2.20. The maximum absolute atomic E-state index is 12.2. The Morgan fingerprint density at radius 3 is 2.46 bits per heavy atom. The van der Waals surface area contributed by atoms with Crippen LogP contribution in [0, 0.1) is 5.92 Å². The van der Waals surface area contributed by atoms with E-state index in [0.717, 1.165) is 30.7 Å². The Kier molecular flexibility index (Phi) is 8.16. The number of allylic oxidation sites excluding steroid dienone is 2. The second-order valence-electron chi connectivity index (χ2n) is 6.88. The van der Waals surface area contributed by atoms with E-state index in [2.05, 4.69) is 12.2 Å². The van der Waals surface area contributed by atoms with Crippen molar-refractivity contribution < 1.29 is 33.6 Å². The van der Waals surface area contributed by atoms with E-state index in [1.165, 1.54) is 7.05 Å². The quantitative estimate of drug-likeness (QED) is 0.384. The predicted octanol–water partition coefficient (Wildman–Crippen LogP) is 1.82. The van der Waals surface area contributed by atoms with Gasteiger partial charge in [-0.1, -0.05) is 12.2 Å². The molecule has 0 aromatic carbocycles. The summed E-state index contributed by atoms with van der Waals surface area (Å²) in [6, 6.07) is 0. The van der Waals surface area contributed by atoms with Gasteiger partial charge < -0.3 is 9.68 Å². The maximum atomic E-state index is 12.2. The number of imide groups is 1. The monoisotopic (exact) mass is 394 g/mol. The fraction of sp³-hybridized carbons (Fsp3) is 0.632. The molecule has 1 heterocycles. The van der Waals surface area contributed by atoms with Crippen LogP contribution in [0.15, 0.2) is 12.2 Å². The number of carbonyl (C=O) groups excluding carboxylic acids is 5. The molecule has 9 heteroatoms. The van der Waals surface area contributed by atoms with Crippen LogP contribution in [-0.2, 0) is 33.6 Å². The van der Waals surface area contributed by atoms with Gasteiger partial charge in [0.15, 0.2) is 0 Å². The van der Waals surface area contributed by atoms with E-state index >= 15 is 0 Å². The van der Waals surface area contributed by atoms with Crippen LogP contribution in [0.25, 0.3) is 0 Å². The molecule has 28 heavy (non-hydrogen) atoms. The summed E-state index contributed by atoms with van der Waals surface area (Å²) in [5, 5.41) is 1.37. The van der Waals surface area contributed by atoms with Crippen LogP contribution in [0.2, 0.25) is 0 Å². The number of carbonyl (C=O) groups is 5. The molecule has 2 aliphatic rings. The second-order valence-corrected chi connectivity index (χ2v) is 6.88. The lowest BCUT2D eigenvalue weighted by molar-refractivity contribution is -0.198. The van der Waals surface area contributed by atoms with Crippen molar-refractivity contribution >= 4 is 29.7 Å². The van der Waals surface area contributed by atoms with Gasteiger partial charge in [-0.2, -0.15) is 5.06 Å². The van der Waals surface area contributed by atoms with E-state index in [1.807, 2.05) is 0 Å². The third-order valence-corrected chi connectivity index (χ3v) is 4.65. The molecular formula is C19H26N2O7. The third kappa shape index (κ3) is 6.47. The minimum atomic E-state index is -0.765. The topological polar surface area (TPSA) is 110 Å². The fourth-order valence-electron chi connectivity index (χ4n) is 3.00. The fourth-order valence-corrected chi connectivity index (χ4v) is 3.00. The van der Waals surface area contributed by atoms with E-state index in [4.69, 9.17) is 9.68 Å². The largest absolute Gasteiger partial charge is 0.338 e. The molecule has 0 radical (unpaired) electrons. The van der Waals surface area contributed by atoms with Gasteiger partial charge >= 0.3 is 11.9 Å². The van der Waals surface area contributed by atoms with Gasteiger partial charge in [-0.25, -0.2) is 9.59 Å². The predicted molar refractivity (Wildman–Crippen MR) is 95.6 cm³/mol. The van der Waals surface area contributed by atoms with Crippen molar-refractivity contribution in [1.29, 1.82) is 0 Å². The molecule has 0 aromatic heterocycles. The van der Waals surface area contributed by atoms with Gasteiger partial charge in [-0.3, -0.25) is 14.4 Å². The molecule has 9 nitrogen and oxygen atoms in total. The first-order chi connectivity index (χ1) is 13.4. The average molecular weight is 394 g/mol. The zero-order valence-corrected chi connectivity index (χ0v) is 16.1. The lowest BCUT2D eigenvalue weighted by atomic mass is 9.94. The normalized spacial score (nSPS) is 20.9. The van der Waals surface area contributed by atoms with Crippen molar-refractivity contribution in [1.82, 2.24) is 10.1 Å². The highest BCUT2D eigenvalue weighted by Gasteiger charge is 2.32. The van der Waals surface area contributed by atoms with Gasteiger partial charge in [-0.05, 0) is 38.5 Å². The number of hydrogen-bond acceptors (Lipinski definition) is 7. The molecular weight excluding hydrogens is 368 g/mol. The van der Waals surface area contributed by atoms with E-state index in [0.29, 0.717) is 11.5 Å². The molecule has 1 fully saturated rings. The molecule has 3 amide bonds. The molecule has 1 aliphatic heterocycles. The summed E-state index contributed by atoms with van der Waals surface area (Å²) in [4.78, 5) is 68.6. The SMILES string of the molecule is CN(OC(=O)C1CC/C=C/CCC1)C(=O)CCCC(=O)ON1C(=O)CCC1=O. The summed E-state index contributed by atoms with van der Waals surface area (Å²) in [6.45, 7) is 0. The van der Waals surface area contributed by atoms with Crippen molar-refractivity contribution in [2.45, 2.75) is 64.2 Å². The average Bonchev–Trinajstić information content (AvgIpc) is 2.93. The standard InChI is InChI=1S/C19H26N2O7/c1-20(28-19(26)14-8-5-3-2-4-6-9-14)15(22)10-7-11-18(25)27-21-16(23)12-13-17(21)24/h2-3,14H,4-13H2,1H3/b3-2+. The molecule has 0 saturated carbocycles. The van der Waals surface area contributed by atoms with Crippen molar-refractivity contribution in [2.24, 2.45) is 5.92 Å². The van der Waals surface area contributed by atoms with Crippen LogP contribution in [0.4, 0.5) is 0 Å². The molecule has 1 aliphatic carbocycles. The Morgan fingerprint density at radius 2 is 1.75 bits per heavy atom. The zero-order valence-electron chi connectivity index (χ0n) is 16.1. The number of hydroxylamine groups is 4. The lowest BCUT2D eigenvalue weighted by Gasteiger charge is -2.21. The van der Waals surface area contributed by atoms with Crippen LogP contribution in [0.1, 0.15) is 64.2 Å². The molecule has 0 aromatic rings. The Morgan fingerprint density at radius 1 is 1.07 bits per heavy atom. The third-order valence-electron chi connectivity index (χ3n) is 4.65. The van der Waals surface area contributed by atoms with Gasteiger partial charge in [0.25, 0.3) is 17.7 Å². The smallest absolute Gasteiger partial charge is 0.335 e. The van der Waals surface area contributed by atoms with Crippen molar-refractivity contribution in [2.75, 3.05) is 7.05 Å². The molecule has 1 unspecified atom stereocenters. The molecule has 1 atom stereocenters. The van der Waals surface area contributed by atoms with E-state index in [-0.39, 0.29) is 38.0 Å². The zero-order chi connectivity index (χ0) is 20.5. The van der Waals surface area contributed by atoms with Gasteiger partial charge in [0.05, 0.1) is 5.92 Å². The Hall–Kier alpha value is -2.71. The molecule has 154 valence electrons. The van der Waals surface area contributed by atoms with Gasteiger partial charge in [0.1, 0.15) is 0 Å². The highest BCUT2D eigenvalue weighted by molar-refractivity contribution is 6.01. The number of rotatable bonds is 6. The van der Waals surface area contributed by atoms with Crippen LogP contribution in [0.5, 0.6) is 0 Å². The van der Waals surface area contributed by atoms with Crippen LogP contribution in [-0.4, -0.2) is 46.8 Å². The van der Waals surface area contributed by atoms with Gasteiger partial charge in [0, 0.05) is 32.7 Å². The number of nitrogens with zero attached hydrogens (tertiary/aromatic N) is 2. The minimum Gasteiger partial charge on any atom is -0.338 e. The second kappa shape index (κ2) is 10.6. The minimum absolute atomic E-state index is 0.0258. The summed E-state index contributed by atoms with van der Waals surface area (Å²) in [6.07, 6.45) is 8.24. The van der Waals surface area contributed by atoms with Crippen molar-refractivity contribution in [3.05, 3.63) is 12.2 Å². The number of hydrogen-bond donors (Lipinski definition) is 0. The molecule has 1 saturated heterocycles. The number of amides is 3. The molecule has 0 N–H and O–H groups in total. The molecule has 0 bridgehead atoms. The molecule has 2 rings (SSSR count). The van der Waals surface area contributed by atoms with E-state index < -0.39 is 29.7 Å². The lowest BCUT2D eigenvalue weighted by Crippen LogP contribution is -2.33. The first-order valence-corrected chi connectivity index (χ1v) is 9.58. The van der Waals surface area contributed by atoms with E-state index in [9.17, 15) is 24.0 Å². The highest BCUT2D eigenvalue weighted by atomic mass is 16.7. The molecule has 0 spiro atoms. The van der Waals surface area contributed by atoms with Crippen molar-refractivity contribution in [3.8, 4) is 0 Å². The summed E-state index contributed by atoms with van der Waals surface area (Å²) in [5.41, 5.74) is 0. The Labute approximate surface area is 163 Å². The summed E-state index contributed by atoms with van der Waals surface area (Å²) in [5.74, 6) is -2.96. The van der Waals surface area contributed by atoms with E-state index in [1.54, 1.807) is 0 Å². The first-order valence-electron chi connectivity index (χ1n) is 9.58. The first kappa shape index (κ1) is 21.6. The Bertz CT molecular complexity index is 643. The Balaban J connectivity index is 1.68. The summed E-state index contributed by atoms with van der Waals surface area (Å²) in [7, 11) is 1.36. The summed E-state index contributed by atoms with van der Waals surface area (Å²) >= 11 is 0. The summed E-state index contributed by atoms with van der Waals surface area (Å²) < 4.78 is 0. The van der Waals surface area contributed by atoms with Gasteiger partial charge in [-0.15, -0.1) is 5.06 Å². The van der Waals surface area contributed by atoms with Crippen LogP contribution >= 0.6 is 0 Å². The van der Waals surface area contributed by atoms with Gasteiger partial charge in [0.2, 0.25) is 0 Å². The van der Waals surface area contributed by atoms with Crippen molar-refractivity contribution in [3.63, 3.8) is 0 Å².